The Kier molecular flexibility index (Phi) is 16.4. The van der Waals surface area contributed by atoms with Crippen LogP contribution in [0.1, 0.15) is 116 Å². The lowest BCUT2D eigenvalue weighted by molar-refractivity contribution is -0.174. The molecule has 0 aliphatic rings. The average Bonchev–Trinajstić information content (AvgIpc) is 3.17. The zero-order chi connectivity index (χ0) is 48.9. The van der Waals surface area contributed by atoms with Crippen LogP contribution >= 0.6 is 15.2 Å². The van der Waals surface area contributed by atoms with E-state index in [-0.39, 0.29) is 24.3 Å². The molecule has 0 spiro atoms. The highest BCUT2D eigenvalue weighted by molar-refractivity contribution is 7.55. The van der Waals surface area contributed by atoms with Crippen molar-refractivity contribution < 1.29 is 63.8 Å². The molecule has 4 aromatic rings. The number of ether oxygens (including phenoxy) is 2. The second-order valence-corrected chi connectivity index (χ2v) is 23.7. The molecule has 4 aromatic carbocycles. The Hall–Kier alpha value is -4.16. The van der Waals surface area contributed by atoms with E-state index < -0.39 is 90.2 Å². The fourth-order valence-electron chi connectivity index (χ4n) is 6.53. The van der Waals surface area contributed by atoms with E-state index in [1.165, 1.54) is 107 Å². The van der Waals surface area contributed by atoms with E-state index in [2.05, 4.69) is 0 Å². The van der Waals surface area contributed by atoms with Crippen LogP contribution in [-0.4, -0.2) is 34.3 Å². The Morgan fingerprint density at radius 3 is 0.923 bits per heavy atom. The number of benzene rings is 4. The molecule has 0 saturated heterocycles. The van der Waals surface area contributed by atoms with Gasteiger partial charge in [-0.15, -0.1) is 0 Å². The molecule has 10 nitrogen and oxygen atoms in total. The van der Waals surface area contributed by atoms with Crippen molar-refractivity contribution in [3.63, 3.8) is 0 Å². The van der Waals surface area contributed by atoms with E-state index in [1.54, 1.807) is 60.7 Å². The second kappa shape index (κ2) is 20.0. The molecule has 65 heavy (non-hydrogen) atoms. The van der Waals surface area contributed by atoms with Gasteiger partial charge in [-0.1, -0.05) is 109 Å². The third-order valence-corrected chi connectivity index (χ3v) is 14.1. The summed E-state index contributed by atoms with van der Waals surface area (Å²) >= 11 is 0. The Labute approximate surface area is 380 Å². The first-order valence-corrected chi connectivity index (χ1v) is 24.2. The van der Waals surface area contributed by atoms with Gasteiger partial charge in [0, 0.05) is 11.1 Å². The predicted molar refractivity (Wildman–Crippen MR) is 242 cm³/mol. The van der Waals surface area contributed by atoms with Gasteiger partial charge in [0.15, 0.2) is 5.41 Å². The van der Waals surface area contributed by atoms with Gasteiger partial charge < -0.3 is 9.47 Å². The van der Waals surface area contributed by atoms with Crippen molar-refractivity contribution in [2.45, 2.75) is 143 Å². The first-order chi connectivity index (χ1) is 29.7. The van der Waals surface area contributed by atoms with Crippen molar-refractivity contribution >= 4 is 27.1 Å². The summed E-state index contributed by atoms with van der Waals surface area (Å²) in [6.07, 6.45) is -0.971. The molecule has 0 N–H and O–H groups in total. The van der Waals surface area contributed by atoms with E-state index in [4.69, 9.17) is 27.6 Å². The molecule has 0 heterocycles. The van der Waals surface area contributed by atoms with E-state index in [9.17, 15) is 18.7 Å². The molecular weight excluding hydrogens is 886 g/mol. The van der Waals surface area contributed by atoms with Crippen LogP contribution in [-0.2, 0) is 83.7 Å². The third-order valence-electron chi connectivity index (χ3n) is 9.09. The standard InChI is InChI=1S/C49H62F4O10P2/c1-43(2,3)60-64(56,61-44(4,5)6)48(50,51)39-27-23-35(24-28-39)31-47(41(54)58-33-37-19-15-13-16-20-37,42(55)59-34-38-21-17-14-18-22-38)32-36-25-29-40(30-26-36)49(52,53)65(57,62-45(7,8)9)63-46(10,11)12/h13-30H,31-34H2,1-12H3. The summed E-state index contributed by atoms with van der Waals surface area (Å²) in [5, 5.41) is 0. The van der Waals surface area contributed by atoms with Gasteiger partial charge in [-0.2, -0.15) is 17.6 Å². The molecule has 0 fully saturated rings. The molecule has 0 aromatic heterocycles. The minimum atomic E-state index is -5.21. The monoisotopic (exact) mass is 948 g/mol. The van der Waals surface area contributed by atoms with E-state index in [0.29, 0.717) is 11.1 Å². The fraction of sp³-hybridized carbons (Fsp3) is 0.469. The summed E-state index contributed by atoms with van der Waals surface area (Å²) in [6.45, 7) is 17.1. The molecule has 0 unspecified atom stereocenters. The maximum atomic E-state index is 16.4. The largest absolute Gasteiger partial charge is 0.460 e. The molecule has 0 aliphatic heterocycles. The van der Waals surface area contributed by atoms with Crippen LogP contribution in [0.4, 0.5) is 17.6 Å². The smallest absolute Gasteiger partial charge is 0.405 e. The zero-order valence-corrected chi connectivity index (χ0v) is 41.0. The molecule has 16 heteroatoms. The number of hydrogen-bond donors (Lipinski definition) is 0. The maximum absolute atomic E-state index is 16.4. The van der Waals surface area contributed by atoms with Crippen LogP contribution < -0.4 is 0 Å². The Morgan fingerprint density at radius 1 is 0.415 bits per heavy atom. The molecule has 0 aliphatic carbocycles. The number of esters is 2. The zero-order valence-electron chi connectivity index (χ0n) is 39.2. The number of alkyl halides is 4. The van der Waals surface area contributed by atoms with Crippen LogP contribution in [0.2, 0.25) is 0 Å². The van der Waals surface area contributed by atoms with E-state index in [1.807, 2.05) is 0 Å². The first kappa shape index (κ1) is 53.5. The van der Waals surface area contributed by atoms with Gasteiger partial charge in [0.1, 0.15) is 13.2 Å². The van der Waals surface area contributed by atoms with Crippen LogP contribution in [0.25, 0.3) is 0 Å². The van der Waals surface area contributed by atoms with Crippen molar-refractivity contribution in [2.24, 2.45) is 5.41 Å². The highest BCUT2D eigenvalue weighted by Crippen LogP contribution is 2.71. The second-order valence-electron chi connectivity index (χ2n) is 19.8. The van der Waals surface area contributed by atoms with Crippen molar-refractivity contribution in [3.05, 3.63) is 143 Å². The number of rotatable bonds is 18. The highest BCUT2D eigenvalue weighted by atomic mass is 31.2. The van der Waals surface area contributed by atoms with Gasteiger partial charge in [0.25, 0.3) is 0 Å². The summed E-state index contributed by atoms with van der Waals surface area (Å²) in [7, 11) is -10.4. The van der Waals surface area contributed by atoms with Crippen LogP contribution in [0.5, 0.6) is 0 Å². The van der Waals surface area contributed by atoms with Crippen LogP contribution in [0.15, 0.2) is 109 Å². The molecule has 356 valence electrons. The minimum Gasteiger partial charge on any atom is -0.460 e. The van der Waals surface area contributed by atoms with Crippen molar-refractivity contribution in [1.29, 1.82) is 0 Å². The highest BCUT2D eigenvalue weighted by Gasteiger charge is 2.60. The number of halogens is 4. The van der Waals surface area contributed by atoms with Gasteiger partial charge in [-0.25, -0.2) is 0 Å². The Bertz CT molecular complexity index is 2110. The molecule has 4 rings (SSSR count). The van der Waals surface area contributed by atoms with Crippen LogP contribution in [0, 0.1) is 5.41 Å². The van der Waals surface area contributed by atoms with Crippen molar-refractivity contribution in [3.8, 4) is 0 Å². The SMILES string of the molecule is CC(C)(C)OP(=O)(OC(C)(C)C)C(F)(F)c1ccc(CC(Cc2ccc(C(F)(F)P(=O)(OC(C)(C)C)OC(C)(C)C)cc2)(C(=O)OCc2ccccc2)C(=O)OCc2ccccc2)cc1. The number of carbonyl (C=O) groups excluding carboxylic acids is 2. The molecule has 0 saturated carbocycles. The van der Waals surface area contributed by atoms with E-state index >= 15 is 17.6 Å². The molecule has 0 amide bonds. The summed E-state index contributed by atoms with van der Waals surface area (Å²) < 4.78 is 127. The summed E-state index contributed by atoms with van der Waals surface area (Å²) in [4.78, 5) is 29.3. The van der Waals surface area contributed by atoms with Gasteiger partial charge in [0.05, 0.1) is 22.4 Å². The summed E-state index contributed by atoms with van der Waals surface area (Å²) in [6, 6.07) is 26.3. The lowest BCUT2D eigenvalue weighted by Gasteiger charge is -2.36. The first-order valence-electron chi connectivity index (χ1n) is 21.1. The number of carbonyl (C=O) groups is 2. The molecule has 0 atom stereocenters. The normalized spacial score (nSPS) is 13.7. The van der Waals surface area contributed by atoms with Crippen molar-refractivity contribution in [2.75, 3.05) is 0 Å². The average molecular weight is 949 g/mol. The topological polar surface area (TPSA) is 124 Å². The van der Waals surface area contributed by atoms with Gasteiger partial charge in [-0.3, -0.25) is 36.8 Å². The van der Waals surface area contributed by atoms with Crippen LogP contribution in [0.3, 0.4) is 0 Å². The fourth-order valence-corrected chi connectivity index (χ4v) is 10.9. The molecular formula is C49H62F4O10P2. The summed E-state index contributed by atoms with van der Waals surface area (Å²) in [5.74, 6) is -2.10. The van der Waals surface area contributed by atoms with E-state index in [0.717, 1.165) is 24.3 Å². The molecule has 0 bridgehead atoms. The summed E-state index contributed by atoms with van der Waals surface area (Å²) in [5.41, 5.74) is -15.6. The number of hydrogen-bond acceptors (Lipinski definition) is 10. The Morgan fingerprint density at radius 2 is 0.677 bits per heavy atom. The predicted octanol–water partition coefficient (Wildman–Crippen LogP) is 13.7. The quantitative estimate of drug-likeness (QED) is 0.0412. The van der Waals surface area contributed by atoms with Gasteiger partial charge in [-0.05, 0) is 118 Å². The lowest BCUT2D eigenvalue weighted by Crippen LogP contribution is -2.45. The lowest BCUT2D eigenvalue weighted by atomic mass is 9.76. The Balaban J connectivity index is 1.85. The van der Waals surface area contributed by atoms with Gasteiger partial charge in [0.2, 0.25) is 0 Å². The molecule has 0 radical (unpaired) electrons. The minimum absolute atomic E-state index is 0.184. The maximum Gasteiger partial charge on any atom is 0.405 e. The van der Waals surface area contributed by atoms with Crippen molar-refractivity contribution in [1.82, 2.24) is 0 Å². The third kappa shape index (κ3) is 14.4. The van der Waals surface area contributed by atoms with Gasteiger partial charge >= 0.3 is 38.5 Å².